The summed E-state index contributed by atoms with van der Waals surface area (Å²) in [5.41, 5.74) is 7.29. The van der Waals surface area contributed by atoms with Gasteiger partial charge in [-0.05, 0) is 37.5 Å². The second-order valence-electron chi connectivity index (χ2n) is 5.63. The largest absolute Gasteiger partial charge is 0.335 e. The van der Waals surface area contributed by atoms with E-state index in [1.54, 1.807) is 0 Å². The average Bonchev–Trinajstić information content (AvgIpc) is 2.93. The zero-order valence-corrected chi connectivity index (χ0v) is 12.8. The predicted molar refractivity (Wildman–Crippen MR) is 84.7 cm³/mol. The summed E-state index contributed by atoms with van der Waals surface area (Å²) in [4.78, 5) is 6.80. The van der Waals surface area contributed by atoms with Crippen LogP contribution in [0.2, 0.25) is 5.02 Å². The Morgan fingerprint density at radius 1 is 1.38 bits per heavy atom. The van der Waals surface area contributed by atoms with Crippen LogP contribution in [-0.4, -0.2) is 33.8 Å². The molecular weight excluding hydrogens is 286 g/mol. The molecular formula is C15H20ClN5. The quantitative estimate of drug-likeness (QED) is 0.913. The molecule has 1 aliphatic rings. The van der Waals surface area contributed by atoms with E-state index in [1.807, 2.05) is 24.3 Å². The van der Waals surface area contributed by atoms with E-state index in [4.69, 9.17) is 17.3 Å². The molecule has 1 saturated heterocycles. The van der Waals surface area contributed by atoms with E-state index in [1.165, 1.54) is 0 Å². The van der Waals surface area contributed by atoms with Gasteiger partial charge in [0.15, 0.2) is 0 Å². The predicted octanol–water partition coefficient (Wildman–Crippen LogP) is 2.36. The third kappa shape index (κ3) is 3.19. The maximum atomic E-state index is 6.13. The number of rotatable bonds is 3. The van der Waals surface area contributed by atoms with Gasteiger partial charge in [-0.2, -0.15) is 4.98 Å². The maximum Gasteiger partial charge on any atom is 0.245 e. The van der Waals surface area contributed by atoms with E-state index in [0.29, 0.717) is 0 Å². The van der Waals surface area contributed by atoms with E-state index in [9.17, 15) is 0 Å². The van der Waals surface area contributed by atoms with Crippen molar-refractivity contribution in [3.8, 4) is 0 Å². The van der Waals surface area contributed by atoms with Crippen LogP contribution in [0.25, 0.3) is 0 Å². The van der Waals surface area contributed by atoms with Gasteiger partial charge in [0.1, 0.15) is 5.82 Å². The van der Waals surface area contributed by atoms with Crippen molar-refractivity contribution in [3.05, 3.63) is 40.7 Å². The van der Waals surface area contributed by atoms with Gasteiger partial charge in [-0.15, -0.1) is 5.10 Å². The van der Waals surface area contributed by atoms with E-state index in [2.05, 4.69) is 27.0 Å². The number of nitrogens with one attached hydrogen (secondary N) is 1. The molecule has 2 aromatic rings. The number of hydrogen-bond acceptors (Lipinski definition) is 4. The Morgan fingerprint density at radius 2 is 2.14 bits per heavy atom. The summed E-state index contributed by atoms with van der Waals surface area (Å²) in [7, 11) is 0. The highest BCUT2D eigenvalue weighted by Gasteiger charge is 2.27. The van der Waals surface area contributed by atoms with Gasteiger partial charge in [-0.1, -0.05) is 23.7 Å². The van der Waals surface area contributed by atoms with E-state index in [0.717, 1.165) is 48.2 Å². The summed E-state index contributed by atoms with van der Waals surface area (Å²) < 4.78 is 0. The minimum atomic E-state index is 0.192. The standard InChI is InChI=1S/C15H20ClN5/c1-10-13(17)3-2-8-21(10)15-18-14(19-20-15)9-11-4-6-12(16)7-5-11/h4-7,10,13H,2-3,8-9,17H2,1H3,(H,18,19,20). The Labute approximate surface area is 129 Å². The fraction of sp³-hybridized carbons (Fsp3) is 0.467. The van der Waals surface area contributed by atoms with Crippen LogP contribution >= 0.6 is 11.6 Å². The molecule has 0 amide bonds. The molecule has 5 nitrogen and oxygen atoms in total. The summed E-state index contributed by atoms with van der Waals surface area (Å²) in [6.45, 7) is 3.10. The van der Waals surface area contributed by atoms with Gasteiger partial charge in [0.2, 0.25) is 5.95 Å². The summed E-state index contributed by atoms with van der Waals surface area (Å²) in [5.74, 6) is 1.61. The first-order valence-corrected chi connectivity index (χ1v) is 7.69. The summed E-state index contributed by atoms with van der Waals surface area (Å²) in [5, 5.41) is 8.12. The number of halogens is 1. The lowest BCUT2D eigenvalue weighted by Crippen LogP contribution is -2.50. The van der Waals surface area contributed by atoms with Crippen LogP contribution in [-0.2, 0) is 6.42 Å². The molecule has 0 radical (unpaired) electrons. The van der Waals surface area contributed by atoms with Crippen LogP contribution < -0.4 is 10.6 Å². The molecule has 3 rings (SSSR count). The molecule has 0 saturated carbocycles. The first kappa shape index (κ1) is 14.4. The number of nitrogens with two attached hydrogens (primary N) is 1. The zero-order valence-electron chi connectivity index (χ0n) is 12.1. The molecule has 0 bridgehead atoms. The topological polar surface area (TPSA) is 70.8 Å². The van der Waals surface area contributed by atoms with Crippen LogP contribution in [0.5, 0.6) is 0 Å². The van der Waals surface area contributed by atoms with Gasteiger partial charge in [0.05, 0.1) is 0 Å². The van der Waals surface area contributed by atoms with Crippen molar-refractivity contribution in [1.82, 2.24) is 15.2 Å². The molecule has 3 N–H and O–H groups in total. The second kappa shape index (κ2) is 6.03. The van der Waals surface area contributed by atoms with Crippen molar-refractivity contribution < 1.29 is 0 Å². The maximum absolute atomic E-state index is 6.13. The number of hydrogen-bond donors (Lipinski definition) is 2. The smallest absolute Gasteiger partial charge is 0.245 e. The van der Waals surface area contributed by atoms with Gasteiger partial charge < -0.3 is 10.6 Å². The van der Waals surface area contributed by atoms with Gasteiger partial charge in [0.25, 0.3) is 0 Å². The molecule has 0 aliphatic carbocycles. The third-order valence-electron chi connectivity index (χ3n) is 4.11. The molecule has 2 unspecified atom stereocenters. The fourth-order valence-electron chi connectivity index (χ4n) is 2.74. The number of anilines is 1. The fourth-order valence-corrected chi connectivity index (χ4v) is 2.87. The molecule has 112 valence electrons. The SMILES string of the molecule is CC1C(N)CCCN1c1n[nH]c(Cc2ccc(Cl)cc2)n1. The minimum absolute atomic E-state index is 0.192. The van der Waals surface area contributed by atoms with Crippen LogP contribution in [0.15, 0.2) is 24.3 Å². The van der Waals surface area contributed by atoms with E-state index < -0.39 is 0 Å². The molecule has 0 spiro atoms. The molecule has 21 heavy (non-hydrogen) atoms. The Hall–Kier alpha value is -1.59. The van der Waals surface area contributed by atoms with Crippen molar-refractivity contribution in [2.45, 2.75) is 38.3 Å². The average molecular weight is 306 g/mol. The molecule has 2 atom stereocenters. The summed E-state index contributed by atoms with van der Waals surface area (Å²) in [6, 6.07) is 8.25. The molecule has 2 heterocycles. The number of H-pyrrole nitrogens is 1. The van der Waals surface area contributed by atoms with Gasteiger partial charge in [-0.25, -0.2) is 0 Å². The van der Waals surface area contributed by atoms with Crippen molar-refractivity contribution in [1.29, 1.82) is 0 Å². The Balaban J connectivity index is 1.72. The highest BCUT2D eigenvalue weighted by Crippen LogP contribution is 2.21. The van der Waals surface area contributed by atoms with Crippen molar-refractivity contribution in [2.24, 2.45) is 5.73 Å². The Bertz CT molecular complexity index is 594. The second-order valence-corrected chi connectivity index (χ2v) is 6.06. The van der Waals surface area contributed by atoms with Gasteiger partial charge >= 0.3 is 0 Å². The van der Waals surface area contributed by atoms with Crippen LogP contribution in [0, 0.1) is 0 Å². The number of nitrogens with zero attached hydrogens (tertiary/aromatic N) is 3. The van der Waals surface area contributed by atoms with Gasteiger partial charge in [-0.3, -0.25) is 5.10 Å². The first-order valence-electron chi connectivity index (χ1n) is 7.31. The summed E-state index contributed by atoms with van der Waals surface area (Å²) >= 11 is 5.90. The summed E-state index contributed by atoms with van der Waals surface area (Å²) in [6.07, 6.45) is 2.88. The van der Waals surface area contributed by atoms with Crippen LogP contribution in [0.3, 0.4) is 0 Å². The van der Waals surface area contributed by atoms with E-state index in [-0.39, 0.29) is 12.1 Å². The molecule has 1 aromatic heterocycles. The lowest BCUT2D eigenvalue weighted by atomic mass is 9.99. The van der Waals surface area contributed by atoms with Crippen molar-refractivity contribution in [3.63, 3.8) is 0 Å². The Morgan fingerprint density at radius 3 is 2.90 bits per heavy atom. The van der Waals surface area contributed by atoms with Gasteiger partial charge in [0, 0.05) is 30.1 Å². The first-order chi connectivity index (χ1) is 10.1. The van der Waals surface area contributed by atoms with Crippen molar-refractivity contribution >= 4 is 17.5 Å². The lowest BCUT2D eigenvalue weighted by Gasteiger charge is -2.36. The zero-order chi connectivity index (χ0) is 14.8. The highest BCUT2D eigenvalue weighted by atomic mass is 35.5. The minimum Gasteiger partial charge on any atom is -0.335 e. The number of benzene rings is 1. The molecule has 1 aromatic carbocycles. The van der Waals surface area contributed by atoms with E-state index >= 15 is 0 Å². The van der Waals surface area contributed by atoms with Crippen LogP contribution in [0.1, 0.15) is 31.2 Å². The third-order valence-corrected chi connectivity index (χ3v) is 4.36. The van der Waals surface area contributed by atoms with Crippen LogP contribution in [0.4, 0.5) is 5.95 Å². The molecule has 6 heteroatoms. The number of aromatic amines is 1. The highest BCUT2D eigenvalue weighted by molar-refractivity contribution is 6.30. The molecule has 1 aliphatic heterocycles. The monoisotopic (exact) mass is 305 g/mol. The number of aromatic nitrogens is 3. The number of piperidine rings is 1. The Kier molecular flexibility index (Phi) is 4.12. The van der Waals surface area contributed by atoms with Crippen molar-refractivity contribution in [2.75, 3.05) is 11.4 Å². The molecule has 1 fully saturated rings. The lowest BCUT2D eigenvalue weighted by molar-refractivity contribution is 0.416. The normalized spacial score (nSPS) is 22.5.